The van der Waals surface area contributed by atoms with Crippen LogP contribution < -0.4 is 17.3 Å². The Labute approximate surface area is 162 Å². The van der Waals surface area contributed by atoms with Gasteiger partial charge in [-0.15, -0.1) is 0 Å². The minimum absolute atomic E-state index is 0. The smallest absolute Gasteiger partial charge is 0.347 e. The van der Waals surface area contributed by atoms with E-state index in [1.807, 2.05) is 60.7 Å². The number of ether oxygens (including phenoxy) is 2. The fraction of sp³-hybridized carbons (Fsp3) is 0.381. The molecule has 0 radical (unpaired) electrons. The van der Waals surface area contributed by atoms with Crippen LogP contribution in [0.3, 0.4) is 0 Å². The Morgan fingerprint density at radius 1 is 1.00 bits per heavy atom. The Kier molecular flexibility index (Phi) is 8.79. The summed E-state index contributed by atoms with van der Waals surface area (Å²) in [5.41, 5.74) is 0.275. The summed E-state index contributed by atoms with van der Waals surface area (Å²) in [6.07, 6.45) is 0.803. The third-order valence-electron chi connectivity index (χ3n) is 4.72. The van der Waals surface area contributed by atoms with Gasteiger partial charge in [0.1, 0.15) is 0 Å². The van der Waals surface area contributed by atoms with Gasteiger partial charge in [-0.05, 0) is 18.1 Å². The number of halogens is 1. The summed E-state index contributed by atoms with van der Waals surface area (Å²) < 4.78 is 11.4. The highest BCUT2D eigenvalue weighted by molar-refractivity contribution is 5.85. The lowest BCUT2D eigenvalue weighted by atomic mass is 9.86. The van der Waals surface area contributed by atoms with Crippen LogP contribution in [-0.2, 0) is 19.9 Å². The molecule has 0 bridgehead atoms. The van der Waals surface area contributed by atoms with Gasteiger partial charge < -0.3 is 26.8 Å². The van der Waals surface area contributed by atoms with E-state index in [4.69, 9.17) is 9.47 Å². The van der Waals surface area contributed by atoms with E-state index in [9.17, 15) is 4.79 Å². The molecule has 0 aromatic heterocycles. The first kappa shape index (κ1) is 22.2. The zero-order valence-electron chi connectivity index (χ0n) is 15.9. The number of quaternary nitrogens is 1. The van der Waals surface area contributed by atoms with Crippen LogP contribution in [0.5, 0.6) is 0 Å². The van der Waals surface area contributed by atoms with Crippen molar-refractivity contribution in [1.29, 1.82) is 0 Å². The minimum Gasteiger partial charge on any atom is -1.00 e. The Bertz CT molecular complexity index is 622. The molecule has 1 atom stereocenters. The number of hydrogen-bond acceptors (Lipinski definition) is 3. The number of carbonyl (C=O) groups excluding carboxylic acids is 1. The van der Waals surface area contributed by atoms with E-state index in [2.05, 4.69) is 21.0 Å². The number of methoxy groups -OCH3 is 1. The molecule has 0 fully saturated rings. The fourth-order valence-electron chi connectivity index (χ4n) is 2.79. The molecular formula is C21H28ClNO3. The molecule has 0 aliphatic carbocycles. The topological polar surface area (TPSA) is 40.0 Å². The molecule has 26 heavy (non-hydrogen) atoms. The van der Waals surface area contributed by atoms with Crippen LogP contribution >= 0.6 is 0 Å². The van der Waals surface area contributed by atoms with Crippen molar-refractivity contribution in [1.82, 2.24) is 0 Å². The van der Waals surface area contributed by atoms with Crippen molar-refractivity contribution in [3.05, 3.63) is 71.8 Å². The van der Waals surface area contributed by atoms with Gasteiger partial charge in [-0.25, -0.2) is 4.79 Å². The summed E-state index contributed by atoms with van der Waals surface area (Å²) >= 11 is 0. The second-order valence-corrected chi connectivity index (χ2v) is 6.52. The van der Waals surface area contributed by atoms with Crippen LogP contribution in [0, 0.1) is 0 Å². The van der Waals surface area contributed by atoms with E-state index in [1.54, 1.807) is 7.11 Å². The van der Waals surface area contributed by atoms with Crippen LogP contribution in [-0.4, -0.2) is 39.8 Å². The molecule has 0 aliphatic rings. The third kappa shape index (κ3) is 4.85. The number of rotatable bonds is 8. The van der Waals surface area contributed by atoms with Crippen molar-refractivity contribution in [2.45, 2.75) is 25.0 Å². The molecule has 1 unspecified atom stereocenters. The van der Waals surface area contributed by atoms with Gasteiger partial charge in [0.05, 0.1) is 26.7 Å². The van der Waals surface area contributed by atoms with Crippen molar-refractivity contribution in [3.63, 3.8) is 0 Å². The van der Waals surface area contributed by atoms with Crippen molar-refractivity contribution < 1.29 is 31.6 Å². The van der Waals surface area contributed by atoms with Gasteiger partial charge in [0.15, 0.2) is 0 Å². The Morgan fingerprint density at radius 3 is 1.85 bits per heavy atom. The van der Waals surface area contributed by atoms with Crippen LogP contribution in [0.25, 0.3) is 0 Å². The highest BCUT2D eigenvalue weighted by Crippen LogP contribution is 2.34. The Balaban J connectivity index is 0.00000338. The maximum Gasteiger partial charge on any atom is 0.347 e. The molecule has 2 aromatic carbocycles. The van der Waals surface area contributed by atoms with E-state index < -0.39 is 5.60 Å². The summed E-state index contributed by atoms with van der Waals surface area (Å²) in [6.45, 7) is 2.51. The molecule has 5 heteroatoms. The van der Waals surface area contributed by atoms with E-state index in [0.717, 1.165) is 17.5 Å². The lowest BCUT2D eigenvalue weighted by molar-refractivity contribution is -0.883. The van der Waals surface area contributed by atoms with Crippen molar-refractivity contribution in [2.75, 3.05) is 27.8 Å². The molecule has 0 amide bonds. The van der Waals surface area contributed by atoms with E-state index in [-0.39, 0.29) is 18.4 Å². The monoisotopic (exact) mass is 377 g/mol. The van der Waals surface area contributed by atoms with Crippen LogP contribution in [0.2, 0.25) is 0 Å². The molecule has 0 aliphatic heterocycles. The standard InChI is InChI=1S/C21H27NO3.ClH/c1-17(22(2)3)15-16-25-20(23)21(24-4,18-11-7-5-8-12-18)19-13-9-6-10-14-19;/h5-14,17H,15-16H2,1-4H3;1H. The van der Waals surface area contributed by atoms with Crippen LogP contribution in [0.15, 0.2) is 60.7 Å². The molecule has 0 saturated heterocycles. The predicted octanol–water partition coefficient (Wildman–Crippen LogP) is -0.953. The molecule has 1 N–H and O–H groups in total. The summed E-state index contributed by atoms with van der Waals surface area (Å²) in [5.74, 6) is -0.381. The SMILES string of the molecule is COC(C(=O)OCCC(C)[NH+](C)C)(c1ccccc1)c1ccccc1.[Cl-]. The molecule has 2 aromatic rings. The maximum atomic E-state index is 13.1. The van der Waals surface area contributed by atoms with Gasteiger partial charge in [0.25, 0.3) is 0 Å². The molecule has 0 heterocycles. The summed E-state index contributed by atoms with van der Waals surface area (Å²) in [7, 11) is 5.74. The Morgan fingerprint density at radius 2 is 1.46 bits per heavy atom. The molecule has 4 nitrogen and oxygen atoms in total. The van der Waals surface area contributed by atoms with Gasteiger partial charge in [-0.1, -0.05) is 60.7 Å². The number of benzene rings is 2. The highest BCUT2D eigenvalue weighted by Gasteiger charge is 2.44. The molecule has 2 rings (SSSR count). The molecule has 0 spiro atoms. The summed E-state index contributed by atoms with van der Waals surface area (Å²) in [6, 6.07) is 19.4. The van der Waals surface area contributed by atoms with Crippen LogP contribution in [0.1, 0.15) is 24.5 Å². The van der Waals surface area contributed by atoms with Crippen molar-refractivity contribution >= 4 is 5.97 Å². The second kappa shape index (κ2) is 10.3. The Hall–Kier alpha value is -1.88. The second-order valence-electron chi connectivity index (χ2n) is 6.52. The normalized spacial score (nSPS) is 12.3. The zero-order valence-corrected chi connectivity index (χ0v) is 16.6. The fourth-order valence-corrected chi connectivity index (χ4v) is 2.79. The number of carbonyl (C=O) groups is 1. The first-order chi connectivity index (χ1) is 12.0. The van der Waals surface area contributed by atoms with E-state index in [1.165, 1.54) is 4.90 Å². The minimum atomic E-state index is -1.25. The van der Waals surface area contributed by atoms with Crippen molar-refractivity contribution in [3.8, 4) is 0 Å². The van der Waals surface area contributed by atoms with Crippen molar-refractivity contribution in [2.24, 2.45) is 0 Å². The van der Waals surface area contributed by atoms with Gasteiger partial charge in [0, 0.05) is 13.5 Å². The molecular weight excluding hydrogens is 350 g/mol. The van der Waals surface area contributed by atoms with Gasteiger partial charge in [-0.2, -0.15) is 0 Å². The number of hydrogen-bond donors (Lipinski definition) is 1. The lowest BCUT2D eigenvalue weighted by Gasteiger charge is -2.31. The quantitative estimate of drug-likeness (QED) is 0.603. The highest BCUT2D eigenvalue weighted by atomic mass is 35.5. The first-order valence-corrected chi connectivity index (χ1v) is 8.65. The summed E-state index contributed by atoms with van der Waals surface area (Å²) in [5, 5.41) is 0. The average Bonchev–Trinajstić information content (AvgIpc) is 2.64. The zero-order chi connectivity index (χ0) is 18.3. The third-order valence-corrected chi connectivity index (χ3v) is 4.72. The lowest BCUT2D eigenvalue weighted by Crippen LogP contribution is -3.09. The molecule has 142 valence electrons. The largest absolute Gasteiger partial charge is 1.00 e. The van der Waals surface area contributed by atoms with Gasteiger partial charge in [0.2, 0.25) is 5.60 Å². The van der Waals surface area contributed by atoms with Crippen LogP contribution in [0.4, 0.5) is 0 Å². The number of nitrogens with one attached hydrogen (secondary N) is 1. The number of esters is 1. The van der Waals surface area contributed by atoms with Gasteiger partial charge in [-0.3, -0.25) is 0 Å². The average molecular weight is 378 g/mol. The van der Waals surface area contributed by atoms with Gasteiger partial charge >= 0.3 is 5.97 Å². The van der Waals surface area contributed by atoms with E-state index >= 15 is 0 Å². The predicted molar refractivity (Wildman–Crippen MR) is 98.5 cm³/mol. The summed E-state index contributed by atoms with van der Waals surface area (Å²) in [4.78, 5) is 14.4. The maximum absolute atomic E-state index is 13.1. The first-order valence-electron chi connectivity index (χ1n) is 8.65. The van der Waals surface area contributed by atoms with E-state index in [0.29, 0.717) is 12.6 Å². The molecule has 0 saturated carbocycles.